The van der Waals surface area contributed by atoms with Crippen molar-refractivity contribution in [2.24, 2.45) is 5.92 Å². The van der Waals surface area contributed by atoms with Gasteiger partial charge in [0.15, 0.2) is 5.82 Å². The average Bonchev–Trinajstić information content (AvgIpc) is 3.21. The highest BCUT2D eigenvalue weighted by Gasteiger charge is 2.19. The first-order chi connectivity index (χ1) is 24.7. The molecule has 2 heterocycles. The Hall–Kier alpha value is -6.19. The van der Waals surface area contributed by atoms with E-state index in [2.05, 4.69) is 157 Å². The minimum atomic E-state index is 0.427. The molecule has 0 N–H and O–H groups in total. The maximum Gasteiger partial charge on any atom is 0.160 e. The van der Waals surface area contributed by atoms with Crippen LogP contribution in [0.5, 0.6) is 0 Å². The molecule has 0 amide bonds. The maximum absolute atomic E-state index is 5.20. The lowest BCUT2D eigenvalue weighted by Gasteiger charge is -2.23. The van der Waals surface area contributed by atoms with Crippen LogP contribution in [0.25, 0.3) is 67.8 Å². The van der Waals surface area contributed by atoms with Crippen molar-refractivity contribution in [2.75, 3.05) is 0 Å². The summed E-state index contributed by atoms with van der Waals surface area (Å²) in [6, 6.07) is 39.1. The van der Waals surface area contributed by atoms with Gasteiger partial charge in [-0.2, -0.15) is 0 Å². The molecule has 0 spiro atoms. The van der Waals surface area contributed by atoms with Crippen LogP contribution in [0.2, 0.25) is 0 Å². The zero-order chi connectivity index (χ0) is 33.3. The van der Waals surface area contributed by atoms with Crippen molar-refractivity contribution < 1.29 is 0 Å². The third-order valence-electron chi connectivity index (χ3n) is 10.0. The number of aromatic nitrogens is 3. The summed E-state index contributed by atoms with van der Waals surface area (Å²) in [4.78, 5) is 14.7. The van der Waals surface area contributed by atoms with Crippen LogP contribution in [0.3, 0.4) is 0 Å². The van der Waals surface area contributed by atoms with Gasteiger partial charge in [0.1, 0.15) is 0 Å². The molecule has 0 saturated carbocycles. The molecule has 3 heteroatoms. The molecule has 0 saturated heterocycles. The molecule has 238 valence electrons. The van der Waals surface area contributed by atoms with Crippen molar-refractivity contribution in [3.05, 3.63) is 186 Å². The minimum absolute atomic E-state index is 0.427. The fourth-order valence-corrected chi connectivity index (χ4v) is 7.22. The second-order valence-electron chi connectivity index (χ2n) is 13.2. The number of pyridine rings is 1. The van der Waals surface area contributed by atoms with Gasteiger partial charge in [-0.1, -0.05) is 140 Å². The van der Waals surface area contributed by atoms with E-state index in [0.717, 1.165) is 58.5 Å². The third-order valence-corrected chi connectivity index (χ3v) is 10.0. The van der Waals surface area contributed by atoms with Crippen LogP contribution in [0.15, 0.2) is 170 Å². The first-order valence-corrected chi connectivity index (χ1v) is 17.4. The predicted octanol–water partition coefficient (Wildman–Crippen LogP) is 11.6. The number of hydrogen-bond acceptors (Lipinski definition) is 3. The van der Waals surface area contributed by atoms with Gasteiger partial charge in [0, 0.05) is 35.0 Å². The number of allylic oxidation sites excluding steroid dienone is 9. The molecule has 2 aromatic heterocycles. The standard InChI is InChI=1S/C47H35N3/c1-3-9-38-27-41(24-18-32(38)7-1)34-16-22-37(23-17-34)47-49-45(36-20-14-35(15-21-36)44-13-6-26-48-31-44)30-46(50-47)43-12-5-11-40(29-43)42-25-19-33-8-2-4-10-39(33)28-42/h1-2,4-8,10-27,29-31,39H,3,9,28H2. The summed E-state index contributed by atoms with van der Waals surface area (Å²) in [6.07, 6.45) is 24.7. The Balaban J connectivity index is 1.10. The quantitative estimate of drug-likeness (QED) is 0.182. The zero-order valence-corrected chi connectivity index (χ0v) is 27.7. The van der Waals surface area contributed by atoms with Gasteiger partial charge in [-0.25, -0.2) is 9.97 Å². The Morgan fingerprint density at radius 2 is 1.30 bits per heavy atom. The van der Waals surface area contributed by atoms with Crippen LogP contribution in [0, 0.1) is 5.92 Å². The lowest BCUT2D eigenvalue weighted by atomic mass is 9.82. The van der Waals surface area contributed by atoms with Gasteiger partial charge in [0.05, 0.1) is 11.4 Å². The van der Waals surface area contributed by atoms with Crippen LogP contribution in [-0.2, 0) is 6.42 Å². The van der Waals surface area contributed by atoms with Gasteiger partial charge < -0.3 is 0 Å². The van der Waals surface area contributed by atoms with E-state index in [0.29, 0.717) is 11.7 Å². The van der Waals surface area contributed by atoms with Crippen molar-refractivity contribution in [2.45, 2.75) is 19.3 Å². The van der Waals surface area contributed by atoms with Crippen LogP contribution in [0.4, 0.5) is 0 Å². The summed E-state index contributed by atoms with van der Waals surface area (Å²) in [5, 5.41) is 0. The van der Waals surface area contributed by atoms with Gasteiger partial charge in [-0.15, -0.1) is 0 Å². The molecule has 3 aliphatic carbocycles. The minimum Gasteiger partial charge on any atom is -0.264 e. The highest BCUT2D eigenvalue weighted by molar-refractivity contribution is 5.78. The topological polar surface area (TPSA) is 38.7 Å². The molecule has 4 aromatic carbocycles. The van der Waals surface area contributed by atoms with Crippen molar-refractivity contribution in [1.82, 2.24) is 15.0 Å². The molecular formula is C47H35N3. The average molecular weight is 642 g/mol. The summed E-state index contributed by atoms with van der Waals surface area (Å²) in [5.41, 5.74) is 16.3. The monoisotopic (exact) mass is 641 g/mol. The van der Waals surface area contributed by atoms with Gasteiger partial charge in [0.2, 0.25) is 0 Å². The normalized spacial score (nSPS) is 16.0. The molecule has 0 bridgehead atoms. The van der Waals surface area contributed by atoms with E-state index in [1.807, 2.05) is 12.3 Å². The van der Waals surface area contributed by atoms with Crippen LogP contribution in [0.1, 0.15) is 29.5 Å². The van der Waals surface area contributed by atoms with Crippen molar-refractivity contribution in [3.8, 4) is 56.2 Å². The van der Waals surface area contributed by atoms with Gasteiger partial charge in [-0.3, -0.25) is 4.98 Å². The maximum atomic E-state index is 5.20. The predicted molar refractivity (Wildman–Crippen MR) is 207 cm³/mol. The smallest absolute Gasteiger partial charge is 0.160 e. The molecule has 0 radical (unpaired) electrons. The van der Waals surface area contributed by atoms with E-state index in [9.17, 15) is 0 Å². The molecule has 3 aliphatic rings. The summed E-state index contributed by atoms with van der Waals surface area (Å²) >= 11 is 0. The molecule has 0 aliphatic heterocycles. The second-order valence-corrected chi connectivity index (χ2v) is 13.2. The zero-order valence-electron chi connectivity index (χ0n) is 27.7. The fourth-order valence-electron chi connectivity index (χ4n) is 7.22. The molecule has 0 fully saturated rings. The second kappa shape index (κ2) is 13.0. The first-order valence-electron chi connectivity index (χ1n) is 17.4. The molecule has 3 nitrogen and oxygen atoms in total. The number of benzene rings is 4. The molecule has 1 atom stereocenters. The Morgan fingerprint density at radius 1 is 0.560 bits per heavy atom. The number of hydrogen-bond donors (Lipinski definition) is 0. The summed E-state index contributed by atoms with van der Waals surface area (Å²) in [6.45, 7) is 0. The number of fused-ring (bicyclic) bond motifs is 2. The first kappa shape index (κ1) is 29.9. The SMILES string of the molecule is C1=CC2=CC=C(c3cccc(-c4cc(-c5ccc(-c6cccnc6)cc5)nc(-c5ccc(-c6ccc7c(c6)CCC=C7)cc5)n4)c3)CC2C=C1. The van der Waals surface area contributed by atoms with Crippen LogP contribution < -0.4 is 0 Å². The van der Waals surface area contributed by atoms with E-state index in [-0.39, 0.29) is 0 Å². The number of rotatable bonds is 6. The Labute approximate surface area is 293 Å². The van der Waals surface area contributed by atoms with E-state index in [1.54, 1.807) is 6.20 Å². The van der Waals surface area contributed by atoms with E-state index >= 15 is 0 Å². The molecule has 9 rings (SSSR count). The van der Waals surface area contributed by atoms with E-state index in [1.165, 1.54) is 39.0 Å². The number of aryl methyl sites for hydroxylation is 1. The molecule has 6 aromatic rings. The van der Waals surface area contributed by atoms with Gasteiger partial charge in [0.25, 0.3) is 0 Å². The van der Waals surface area contributed by atoms with Gasteiger partial charge >= 0.3 is 0 Å². The van der Waals surface area contributed by atoms with Crippen molar-refractivity contribution in [3.63, 3.8) is 0 Å². The number of nitrogens with zero attached hydrogens (tertiary/aromatic N) is 3. The molecule has 1 unspecified atom stereocenters. The summed E-state index contributed by atoms with van der Waals surface area (Å²) < 4.78 is 0. The van der Waals surface area contributed by atoms with Gasteiger partial charge in [-0.05, 0) is 87.6 Å². The molecule has 50 heavy (non-hydrogen) atoms. The lowest BCUT2D eigenvalue weighted by molar-refractivity contribution is 0.793. The van der Waals surface area contributed by atoms with E-state index < -0.39 is 0 Å². The van der Waals surface area contributed by atoms with Crippen molar-refractivity contribution >= 4 is 11.6 Å². The molecular weight excluding hydrogens is 607 g/mol. The highest BCUT2D eigenvalue weighted by atomic mass is 14.9. The largest absolute Gasteiger partial charge is 0.264 e. The third kappa shape index (κ3) is 5.99. The Bertz CT molecular complexity index is 2370. The Kier molecular flexibility index (Phi) is 7.79. The summed E-state index contributed by atoms with van der Waals surface area (Å²) in [7, 11) is 0. The van der Waals surface area contributed by atoms with Crippen LogP contribution >= 0.6 is 0 Å². The van der Waals surface area contributed by atoms with E-state index in [4.69, 9.17) is 9.97 Å². The fraction of sp³-hybridized carbons (Fsp3) is 0.0851. The van der Waals surface area contributed by atoms with Crippen LogP contribution in [-0.4, -0.2) is 15.0 Å². The summed E-state index contributed by atoms with van der Waals surface area (Å²) in [5.74, 6) is 1.14. The highest BCUT2D eigenvalue weighted by Crippen LogP contribution is 2.37. The van der Waals surface area contributed by atoms with Crippen molar-refractivity contribution in [1.29, 1.82) is 0 Å². The lowest BCUT2D eigenvalue weighted by Crippen LogP contribution is -2.06. The Morgan fingerprint density at radius 3 is 2.14 bits per heavy atom.